The summed E-state index contributed by atoms with van der Waals surface area (Å²) in [6.07, 6.45) is 6.75. The lowest BCUT2D eigenvalue weighted by atomic mass is 9.56. The number of fused-ring (bicyclic) bond motifs is 5. The van der Waals surface area contributed by atoms with Gasteiger partial charge in [0.05, 0.1) is 6.10 Å². The molecule has 0 unspecified atom stereocenters. The van der Waals surface area contributed by atoms with Crippen LogP contribution in [0, 0.1) is 17.3 Å². The smallest absolute Gasteiger partial charge is 0.115 e. The summed E-state index contributed by atoms with van der Waals surface area (Å²) in [7, 11) is 0. The lowest BCUT2D eigenvalue weighted by Gasteiger charge is -2.49. The summed E-state index contributed by atoms with van der Waals surface area (Å²) in [5.41, 5.74) is 3.20. The second-order valence-electron chi connectivity index (χ2n) is 7.58. The molecule has 2 fully saturated rings. The van der Waals surface area contributed by atoms with E-state index in [0.717, 1.165) is 25.2 Å². The van der Waals surface area contributed by atoms with Gasteiger partial charge in [0.2, 0.25) is 0 Å². The molecular formula is C18H24O2. The van der Waals surface area contributed by atoms with Gasteiger partial charge in [0, 0.05) is 0 Å². The normalized spacial score (nSPS) is 42.7. The first-order valence-electron chi connectivity index (χ1n) is 8.07. The number of hydrogen-bond acceptors (Lipinski definition) is 2. The summed E-state index contributed by atoms with van der Waals surface area (Å²) in [5.74, 6) is 2.49. The topological polar surface area (TPSA) is 40.5 Å². The van der Waals surface area contributed by atoms with Crippen LogP contribution in [0.5, 0.6) is 5.75 Å². The monoisotopic (exact) mass is 272 g/mol. The Morgan fingerprint density at radius 1 is 1.25 bits per heavy atom. The van der Waals surface area contributed by atoms with Gasteiger partial charge in [-0.05, 0) is 85.0 Å². The minimum Gasteiger partial charge on any atom is -0.508 e. The van der Waals surface area contributed by atoms with E-state index in [4.69, 9.17) is 0 Å². The highest BCUT2D eigenvalue weighted by molar-refractivity contribution is 5.40. The molecule has 20 heavy (non-hydrogen) atoms. The van der Waals surface area contributed by atoms with Gasteiger partial charge >= 0.3 is 0 Å². The van der Waals surface area contributed by atoms with Crippen molar-refractivity contribution in [2.24, 2.45) is 17.3 Å². The lowest BCUT2D eigenvalue weighted by Crippen LogP contribution is -2.39. The SMILES string of the molecule is C[C@@]12CC[C@H]3c4ccc(O)cc4CC[C@@H]3[C@@H]1C[C@H](O)C2. The number of rotatable bonds is 0. The molecule has 0 aliphatic heterocycles. The van der Waals surface area contributed by atoms with Crippen molar-refractivity contribution in [3.05, 3.63) is 29.3 Å². The van der Waals surface area contributed by atoms with E-state index in [-0.39, 0.29) is 6.10 Å². The van der Waals surface area contributed by atoms with Gasteiger partial charge in [-0.3, -0.25) is 0 Å². The maximum Gasteiger partial charge on any atom is 0.115 e. The van der Waals surface area contributed by atoms with Gasteiger partial charge in [-0.2, -0.15) is 0 Å². The summed E-state index contributed by atoms with van der Waals surface area (Å²) in [6.45, 7) is 2.40. The zero-order chi connectivity index (χ0) is 13.9. The average Bonchev–Trinajstić information content (AvgIpc) is 2.72. The molecule has 0 radical (unpaired) electrons. The molecule has 0 saturated heterocycles. The Morgan fingerprint density at radius 2 is 2.10 bits per heavy atom. The first-order chi connectivity index (χ1) is 9.57. The maximum absolute atomic E-state index is 10.1. The van der Waals surface area contributed by atoms with E-state index in [1.165, 1.54) is 30.4 Å². The molecule has 2 heteroatoms. The molecule has 0 spiro atoms. The first kappa shape index (κ1) is 12.7. The number of aliphatic hydroxyl groups is 1. The van der Waals surface area contributed by atoms with Crippen LogP contribution in [0.1, 0.15) is 56.1 Å². The molecule has 0 aromatic heterocycles. The molecule has 2 nitrogen and oxygen atoms in total. The number of aromatic hydroxyl groups is 1. The number of aliphatic hydroxyl groups excluding tert-OH is 1. The van der Waals surface area contributed by atoms with Crippen LogP contribution in [0.2, 0.25) is 0 Å². The van der Waals surface area contributed by atoms with Crippen LogP contribution in [-0.4, -0.2) is 16.3 Å². The standard InChI is InChI=1S/C18H24O2/c1-18-7-6-15-14-5-3-12(19)8-11(14)2-4-16(15)17(18)9-13(20)10-18/h3,5,8,13,15-17,19-20H,2,4,6-7,9-10H2,1H3/t13-,15-,16-,17-,18-/m0/s1. The zero-order valence-electron chi connectivity index (χ0n) is 12.2. The van der Waals surface area contributed by atoms with Gasteiger partial charge in [0.25, 0.3) is 0 Å². The van der Waals surface area contributed by atoms with Gasteiger partial charge in [0.15, 0.2) is 0 Å². The molecule has 2 saturated carbocycles. The number of benzene rings is 1. The summed E-state index contributed by atoms with van der Waals surface area (Å²) >= 11 is 0. The molecule has 0 bridgehead atoms. The molecule has 1 aromatic carbocycles. The van der Waals surface area contributed by atoms with E-state index < -0.39 is 0 Å². The fraction of sp³-hybridized carbons (Fsp3) is 0.667. The summed E-state index contributed by atoms with van der Waals surface area (Å²) in [6, 6.07) is 5.96. The number of phenols is 1. The summed E-state index contributed by atoms with van der Waals surface area (Å²) in [5, 5.41) is 19.8. The molecule has 108 valence electrons. The maximum atomic E-state index is 10.1. The molecular weight excluding hydrogens is 248 g/mol. The van der Waals surface area contributed by atoms with Crippen LogP contribution in [0.4, 0.5) is 0 Å². The molecule has 0 heterocycles. The Morgan fingerprint density at radius 3 is 2.95 bits per heavy atom. The minimum atomic E-state index is -0.0787. The molecule has 5 atom stereocenters. The van der Waals surface area contributed by atoms with E-state index in [1.54, 1.807) is 0 Å². The Kier molecular flexibility index (Phi) is 2.69. The van der Waals surface area contributed by atoms with Crippen molar-refractivity contribution in [2.75, 3.05) is 0 Å². The zero-order valence-corrected chi connectivity index (χ0v) is 12.2. The first-order valence-corrected chi connectivity index (χ1v) is 8.07. The van der Waals surface area contributed by atoms with Gasteiger partial charge in [0.1, 0.15) is 5.75 Å². The third-order valence-corrected chi connectivity index (χ3v) is 6.46. The van der Waals surface area contributed by atoms with Gasteiger partial charge in [-0.15, -0.1) is 0 Å². The Hall–Kier alpha value is -1.02. The van der Waals surface area contributed by atoms with Gasteiger partial charge in [-0.1, -0.05) is 13.0 Å². The molecule has 4 rings (SSSR count). The van der Waals surface area contributed by atoms with Crippen molar-refractivity contribution in [3.63, 3.8) is 0 Å². The molecule has 3 aliphatic rings. The lowest BCUT2D eigenvalue weighted by molar-refractivity contribution is 0.0596. The number of hydrogen-bond donors (Lipinski definition) is 2. The van der Waals surface area contributed by atoms with E-state index >= 15 is 0 Å². The third-order valence-electron chi connectivity index (χ3n) is 6.46. The van der Waals surface area contributed by atoms with Crippen molar-refractivity contribution in [1.82, 2.24) is 0 Å². The largest absolute Gasteiger partial charge is 0.508 e. The fourth-order valence-corrected chi connectivity index (χ4v) is 5.59. The van der Waals surface area contributed by atoms with Crippen LogP contribution in [0.3, 0.4) is 0 Å². The fourth-order valence-electron chi connectivity index (χ4n) is 5.59. The van der Waals surface area contributed by atoms with Crippen molar-refractivity contribution < 1.29 is 10.2 Å². The van der Waals surface area contributed by atoms with E-state index in [2.05, 4.69) is 13.0 Å². The van der Waals surface area contributed by atoms with Crippen molar-refractivity contribution in [3.8, 4) is 5.75 Å². The quantitative estimate of drug-likeness (QED) is 0.757. The van der Waals surface area contributed by atoms with E-state index in [9.17, 15) is 10.2 Å². The highest BCUT2D eigenvalue weighted by atomic mass is 16.3. The van der Waals surface area contributed by atoms with Crippen LogP contribution in [-0.2, 0) is 6.42 Å². The van der Waals surface area contributed by atoms with Crippen LogP contribution in [0.25, 0.3) is 0 Å². The Bertz CT molecular complexity index is 538. The summed E-state index contributed by atoms with van der Waals surface area (Å²) in [4.78, 5) is 0. The van der Waals surface area contributed by atoms with E-state index in [1.807, 2.05) is 12.1 Å². The van der Waals surface area contributed by atoms with Gasteiger partial charge < -0.3 is 10.2 Å². The molecule has 2 N–H and O–H groups in total. The highest BCUT2D eigenvalue weighted by Gasteiger charge is 2.52. The highest BCUT2D eigenvalue weighted by Crippen LogP contribution is 2.60. The van der Waals surface area contributed by atoms with Gasteiger partial charge in [-0.25, -0.2) is 0 Å². The molecule has 1 aromatic rings. The third kappa shape index (κ3) is 1.74. The molecule has 0 amide bonds. The second kappa shape index (κ2) is 4.24. The molecule has 3 aliphatic carbocycles. The Labute approximate surface area is 120 Å². The van der Waals surface area contributed by atoms with Crippen molar-refractivity contribution >= 4 is 0 Å². The van der Waals surface area contributed by atoms with Crippen LogP contribution < -0.4 is 0 Å². The predicted molar refractivity (Wildman–Crippen MR) is 78.7 cm³/mol. The average molecular weight is 272 g/mol. The Balaban J connectivity index is 1.70. The summed E-state index contributed by atoms with van der Waals surface area (Å²) < 4.78 is 0. The van der Waals surface area contributed by atoms with E-state index in [0.29, 0.717) is 23.0 Å². The van der Waals surface area contributed by atoms with Crippen LogP contribution in [0.15, 0.2) is 18.2 Å². The van der Waals surface area contributed by atoms with Crippen molar-refractivity contribution in [2.45, 2.75) is 57.5 Å². The number of phenolic OH excluding ortho intramolecular Hbond substituents is 1. The van der Waals surface area contributed by atoms with Crippen LogP contribution >= 0.6 is 0 Å². The second-order valence-corrected chi connectivity index (χ2v) is 7.58. The minimum absolute atomic E-state index is 0.0787. The number of aryl methyl sites for hydroxylation is 1. The van der Waals surface area contributed by atoms with Crippen molar-refractivity contribution in [1.29, 1.82) is 0 Å². The predicted octanol–water partition coefficient (Wildman–Crippen LogP) is 3.61.